The van der Waals surface area contributed by atoms with E-state index in [1.807, 2.05) is 6.20 Å². The molecule has 2 aromatic heterocycles. The van der Waals surface area contributed by atoms with Crippen molar-refractivity contribution in [2.24, 2.45) is 18.0 Å². The Morgan fingerprint density at radius 1 is 1.06 bits per heavy atom. The highest BCUT2D eigenvalue weighted by atomic mass is 15.3. The second-order valence-electron chi connectivity index (χ2n) is 9.50. The zero-order chi connectivity index (χ0) is 21.2. The van der Waals surface area contributed by atoms with Crippen LogP contribution < -0.4 is 0 Å². The molecule has 7 heteroatoms. The minimum atomic E-state index is 0.368. The summed E-state index contributed by atoms with van der Waals surface area (Å²) in [5.41, 5.74) is 2.65. The van der Waals surface area contributed by atoms with Crippen molar-refractivity contribution in [3.63, 3.8) is 0 Å². The number of aliphatic imine (C=N–C) groups is 1. The topological polar surface area (TPSA) is 62.4 Å². The van der Waals surface area contributed by atoms with Gasteiger partial charge in [-0.05, 0) is 63.1 Å². The summed E-state index contributed by atoms with van der Waals surface area (Å²) in [6.45, 7) is 4.12. The van der Waals surface area contributed by atoms with Crippen LogP contribution in [-0.4, -0.2) is 62.1 Å². The number of rotatable bonds is 5. The van der Waals surface area contributed by atoms with Crippen molar-refractivity contribution in [1.82, 2.24) is 29.5 Å². The molecular formula is C24H35N7. The van der Waals surface area contributed by atoms with Gasteiger partial charge in [0.2, 0.25) is 0 Å². The Kier molecular flexibility index (Phi) is 6.03. The summed E-state index contributed by atoms with van der Waals surface area (Å²) < 4.78 is 2.23. The van der Waals surface area contributed by atoms with E-state index in [1.54, 1.807) is 0 Å². The molecule has 1 fully saturated rings. The molecule has 1 unspecified atom stereocenters. The second-order valence-corrected chi connectivity index (χ2v) is 9.50. The zero-order valence-electron chi connectivity index (χ0n) is 19.0. The molecule has 4 heterocycles. The van der Waals surface area contributed by atoms with Crippen molar-refractivity contribution >= 4 is 5.84 Å². The summed E-state index contributed by atoms with van der Waals surface area (Å²) in [6.07, 6.45) is 11.3. The molecule has 0 saturated carbocycles. The first-order chi connectivity index (χ1) is 15.2. The highest BCUT2D eigenvalue weighted by Gasteiger charge is 2.27. The van der Waals surface area contributed by atoms with Gasteiger partial charge in [0.15, 0.2) is 0 Å². The Hall–Kier alpha value is -2.28. The van der Waals surface area contributed by atoms with Gasteiger partial charge in [-0.1, -0.05) is 6.07 Å². The van der Waals surface area contributed by atoms with Crippen LogP contribution in [0.1, 0.15) is 67.5 Å². The average molecular weight is 422 g/mol. The van der Waals surface area contributed by atoms with E-state index in [0.29, 0.717) is 12.0 Å². The van der Waals surface area contributed by atoms with Gasteiger partial charge in [-0.15, -0.1) is 10.2 Å². The normalized spacial score (nSPS) is 22.1. The quantitative estimate of drug-likeness (QED) is 0.742. The van der Waals surface area contributed by atoms with E-state index in [1.165, 1.54) is 49.2 Å². The lowest BCUT2D eigenvalue weighted by Gasteiger charge is -2.33. The van der Waals surface area contributed by atoms with Crippen molar-refractivity contribution in [2.45, 2.75) is 64.0 Å². The van der Waals surface area contributed by atoms with E-state index in [-0.39, 0.29) is 0 Å². The van der Waals surface area contributed by atoms with Gasteiger partial charge in [-0.2, -0.15) is 0 Å². The fraction of sp³-hybridized carbons (Fsp3) is 0.667. The summed E-state index contributed by atoms with van der Waals surface area (Å²) >= 11 is 0. The van der Waals surface area contributed by atoms with Gasteiger partial charge in [0.1, 0.15) is 11.6 Å². The lowest BCUT2D eigenvalue weighted by atomic mass is 9.91. The largest absolute Gasteiger partial charge is 0.360 e. The first-order valence-corrected chi connectivity index (χ1v) is 12.0. The fourth-order valence-corrected chi connectivity index (χ4v) is 5.50. The molecule has 0 N–H and O–H groups in total. The third-order valence-corrected chi connectivity index (χ3v) is 7.45. The van der Waals surface area contributed by atoms with E-state index in [0.717, 1.165) is 57.1 Å². The minimum absolute atomic E-state index is 0.368. The summed E-state index contributed by atoms with van der Waals surface area (Å²) in [7, 11) is 4.33. The SMILES string of the molecule is CN(Cc1nnc(CC2CCN(C3=NCCC3)CC2)n1C)C1CCCc2cccnc21. The van der Waals surface area contributed by atoms with Crippen LogP contribution in [0.15, 0.2) is 23.3 Å². The second kappa shape index (κ2) is 9.07. The summed E-state index contributed by atoms with van der Waals surface area (Å²) in [6, 6.07) is 4.66. The summed E-state index contributed by atoms with van der Waals surface area (Å²) in [5, 5.41) is 9.15. The molecule has 0 radical (unpaired) electrons. The molecule has 0 bridgehead atoms. The van der Waals surface area contributed by atoms with Crippen molar-refractivity contribution in [3.8, 4) is 0 Å². The molecule has 3 aliphatic rings. The van der Waals surface area contributed by atoms with Gasteiger partial charge in [0.05, 0.1) is 24.1 Å². The minimum Gasteiger partial charge on any atom is -0.360 e. The number of likely N-dealkylation sites (tertiary alicyclic amines) is 1. The van der Waals surface area contributed by atoms with Crippen molar-refractivity contribution < 1.29 is 0 Å². The van der Waals surface area contributed by atoms with E-state index in [9.17, 15) is 0 Å². The number of hydrogen-bond acceptors (Lipinski definition) is 6. The number of hydrogen-bond donors (Lipinski definition) is 0. The van der Waals surface area contributed by atoms with Crippen LogP contribution in [0.5, 0.6) is 0 Å². The standard InChI is InChI=1S/C24H35N7/c1-29(20-8-3-6-19-7-4-13-26-24(19)20)17-23-28-27-22(30(23)2)16-18-10-14-31(15-11-18)21-9-5-12-25-21/h4,7,13,18,20H,3,5-6,8-12,14-17H2,1-2H3. The molecule has 0 amide bonds. The highest BCUT2D eigenvalue weighted by molar-refractivity contribution is 5.83. The van der Waals surface area contributed by atoms with Crippen LogP contribution in [-0.2, 0) is 26.4 Å². The molecule has 0 aromatic carbocycles. The van der Waals surface area contributed by atoms with Crippen LogP contribution >= 0.6 is 0 Å². The molecule has 0 spiro atoms. The molecule has 166 valence electrons. The molecule has 7 nitrogen and oxygen atoms in total. The van der Waals surface area contributed by atoms with Crippen LogP contribution in [0.2, 0.25) is 0 Å². The van der Waals surface area contributed by atoms with Gasteiger partial charge in [0.25, 0.3) is 0 Å². The molecule has 1 aliphatic carbocycles. The smallest absolute Gasteiger partial charge is 0.146 e. The Morgan fingerprint density at radius 2 is 1.90 bits per heavy atom. The monoisotopic (exact) mass is 421 g/mol. The number of fused-ring (bicyclic) bond motifs is 1. The van der Waals surface area contributed by atoms with Crippen molar-refractivity contribution in [1.29, 1.82) is 0 Å². The Labute approximate surface area is 185 Å². The number of nitrogens with zero attached hydrogens (tertiary/aromatic N) is 7. The third kappa shape index (κ3) is 4.38. The number of aryl methyl sites for hydroxylation is 1. The van der Waals surface area contributed by atoms with E-state index in [4.69, 9.17) is 4.98 Å². The Balaban J connectivity index is 1.19. The fourth-order valence-electron chi connectivity index (χ4n) is 5.50. The predicted molar refractivity (Wildman–Crippen MR) is 122 cm³/mol. The molecule has 2 aliphatic heterocycles. The number of piperidine rings is 1. The predicted octanol–water partition coefficient (Wildman–Crippen LogP) is 3.17. The van der Waals surface area contributed by atoms with Crippen LogP contribution in [0, 0.1) is 5.92 Å². The summed E-state index contributed by atoms with van der Waals surface area (Å²) in [5.74, 6) is 4.22. The van der Waals surface area contributed by atoms with Gasteiger partial charge >= 0.3 is 0 Å². The lowest BCUT2D eigenvalue weighted by Crippen LogP contribution is -2.38. The van der Waals surface area contributed by atoms with E-state index < -0.39 is 0 Å². The Bertz CT molecular complexity index is 926. The first kappa shape index (κ1) is 20.6. The molecule has 5 rings (SSSR count). The van der Waals surface area contributed by atoms with Crippen LogP contribution in [0.25, 0.3) is 0 Å². The number of aromatic nitrogens is 4. The van der Waals surface area contributed by atoms with Crippen molar-refractivity contribution in [2.75, 3.05) is 26.7 Å². The van der Waals surface area contributed by atoms with Gasteiger partial charge in [0, 0.05) is 45.7 Å². The summed E-state index contributed by atoms with van der Waals surface area (Å²) in [4.78, 5) is 14.3. The maximum absolute atomic E-state index is 4.71. The number of pyridine rings is 1. The third-order valence-electron chi connectivity index (χ3n) is 7.45. The molecule has 31 heavy (non-hydrogen) atoms. The Morgan fingerprint density at radius 3 is 2.71 bits per heavy atom. The highest BCUT2D eigenvalue weighted by Crippen LogP contribution is 2.32. The van der Waals surface area contributed by atoms with Gasteiger partial charge in [-0.3, -0.25) is 14.9 Å². The maximum Gasteiger partial charge on any atom is 0.146 e. The molecule has 1 saturated heterocycles. The van der Waals surface area contributed by atoms with Crippen molar-refractivity contribution in [3.05, 3.63) is 41.2 Å². The van der Waals surface area contributed by atoms with E-state index >= 15 is 0 Å². The molecular weight excluding hydrogens is 386 g/mol. The van der Waals surface area contributed by atoms with E-state index in [2.05, 4.69) is 55.8 Å². The first-order valence-electron chi connectivity index (χ1n) is 12.0. The lowest BCUT2D eigenvalue weighted by molar-refractivity contribution is 0.201. The van der Waals surface area contributed by atoms with Gasteiger partial charge < -0.3 is 9.47 Å². The maximum atomic E-state index is 4.71. The average Bonchev–Trinajstić information content (AvgIpc) is 3.46. The zero-order valence-corrected chi connectivity index (χ0v) is 19.0. The van der Waals surface area contributed by atoms with Crippen LogP contribution in [0.3, 0.4) is 0 Å². The molecule has 1 atom stereocenters. The molecule has 2 aromatic rings. The van der Waals surface area contributed by atoms with Crippen LogP contribution in [0.4, 0.5) is 0 Å². The number of amidine groups is 1. The van der Waals surface area contributed by atoms with Gasteiger partial charge in [-0.25, -0.2) is 0 Å².